The van der Waals surface area contributed by atoms with Crippen LogP contribution in [0.5, 0.6) is 0 Å². The first kappa shape index (κ1) is 16.7. The van der Waals surface area contributed by atoms with Crippen LogP contribution in [-0.2, 0) is 11.3 Å². The molecule has 0 saturated carbocycles. The van der Waals surface area contributed by atoms with Gasteiger partial charge in [-0.2, -0.15) is 5.10 Å². The number of rotatable bonds is 5. The Morgan fingerprint density at radius 1 is 1.00 bits per heavy atom. The Morgan fingerprint density at radius 3 is 2.63 bits per heavy atom. The Morgan fingerprint density at radius 2 is 1.78 bits per heavy atom. The average Bonchev–Trinajstić information content (AvgIpc) is 3.13. The van der Waals surface area contributed by atoms with Crippen LogP contribution in [0.3, 0.4) is 0 Å². The number of amides is 1. The molecular weight excluding hydrogens is 338 g/mol. The van der Waals surface area contributed by atoms with Gasteiger partial charge in [0.25, 0.3) is 0 Å². The number of fused-ring (bicyclic) bond motifs is 1. The first-order valence-electron chi connectivity index (χ1n) is 8.54. The number of aromatic nitrogens is 4. The predicted molar refractivity (Wildman–Crippen MR) is 105 cm³/mol. The van der Waals surface area contributed by atoms with Gasteiger partial charge in [-0.1, -0.05) is 42.5 Å². The van der Waals surface area contributed by atoms with Crippen LogP contribution >= 0.6 is 0 Å². The summed E-state index contributed by atoms with van der Waals surface area (Å²) in [6, 6.07) is 19.4. The minimum absolute atomic E-state index is 0.269. The summed E-state index contributed by atoms with van der Waals surface area (Å²) in [4.78, 5) is 20.9. The van der Waals surface area contributed by atoms with E-state index in [2.05, 4.69) is 20.4 Å². The Balaban J connectivity index is 1.39. The van der Waals surface area contributed by atoms with E-state index in [1.165, 1.54) is 6.08 Å². The van der Waals surface area contributed by atoms with E-state index >= 15 is 0 Å². The lowest BCUT2D eigenvalue weighted by Crippen LogP contribution is -2.09. The molecule has 0 fully saturated rings. The molecule has 0 unspecified atom stereocenters. The quantitative estimate of drug-likeness (QED) is 0.556. The lowest BCUT2D eigenvalue weighted by molar-refractivity contribution is -0.111. The Kier molecular flexibility index (Phi) is 4.70. The number of hydrogen-bond acceptors (Lipinski definition) is 4. The monoisotopic (exact) mass is 355 g/mol. The van der Waals surface area contributed by atoms with Crippen LogP contribution in [0.4, 0.5) is 5.82 Å². The van der Waals surface area contributed by atoms with Gasteiger partial charge in [-0.15, -0.1) is 0 Å². The highest BCUT2D eigenvalue weighted by Crippen LogP contribution is 2.10. The summed E-state index contributed by atoms with van der Waals surface area (Å²) in [7, 11) is 0. The van der Waals surface area contributed by atoms with E-state index in [0.717, 1.165) is 16.6 Å². The molecule has 27 heavy (non-hydrogen) atoms. The first-order valence-corrected chi connectivity index (χ1v) is 8.54. The SMILES string of the molecule is O=C(C=Cc1cnc2ccccc2n1)Nc1ccn(Cc2ccccc2)n1. The fourth-order valence-electron chi connectivity index (χ4n) is 2.67. The normalized spacial score (nSPS) is 11.1. The zero-order valence-corrected chi connectivity index (χ0v) is 14.5. The van der Waals surface area contributed by atoms with Crippen molar-refractivity contribution in [3.63, 3.8) is 0 Å². The number of para-hydroxylation sites is 2. The van der Waals surface area contributed by atoms with Crippen LogP contribution in [-0.4, -0.2) is 25.7 Å². The smallest absolute Gasteiger partial charge is 0.249 e. The van der Waals surface area contributed by atoms with Crippen molar-refractivity contribution in [2.45, 2.75) is 6.54 Å². The summed E-state index contributed by atoms with van der Waals surface area (Å²) in [5, 5.41) is 7.11. The first-order chi connectivity index (χ1) is 13.3. The van der Waals surface area contributed by atoms with Gasteiger partial charge in [0.15, 0.2) is 5.82 Å². The van der Waals surface area contributed by atoms with Gasteiger partial charge < -0.3 is 5.32 Å². The summed E-state index contributed by atoms with van der Waals surface area (Å²) in [6.45, 7) is 0.652. The zero-order chi connectivity index (χ0) is 18.5. The minimum atomic E-state index is -0.269. The molecule has 4 aromatic rings. The van der Waals surface area contributed by atoms with Crippen molar-refractivity contribution in [1.29, 1.82) is 0 Å². The van der Waals surface area contributed by atoms with E-state index in [1.807, 2.05) is 60.8 Å². The molecule has 0 bridgehead atoms. The molecule has 1 N–H and O–H groups in total. The number of anilines is 1. The van der Waals surface area contributed by atoms with E-state index in [0.29, 0.717) is 18.1 Å². The van der Waals surface area contributed by atoms with Crippen molar-refractivity contribution in [2.75, 3.05) is 5.32 Å². The summed E-state index contributed by atoms with van der Waals surface area (Å²) >= 11 is 0. The molecule has 0 spiro atoms. The van der Waals surface area contributed by atoms with Crippen LogP contribution in [0, 0.1) is 0 Å². The fourth-order valence-corrected chi connectivity index (χ4v) is 2.67. The topological polar surface area (TPSA) is 72.7 Å². The number of benzene rings is 2. The van der Waals surface area contributed by atoms with Crippen LogP contribution in [0.25, 0.3) is 17.1 Å². The minimum Gasteiger partial charge on any atom is -0.306 e. The van der Waals surface area contributed by atoms with Gasteiger partial charge in [-0.05, 0) is 23.8 Å². The third-order valence-electron chi connectivity index (χ3n) is 3.95. The zero-order valence-electron chi connectivity index (χ0n) is 14.5. The number of hydrogen-bond donors (Lipinski definition) is 1. The maximum atomic E-state index is 12.1. The van der Waals surface area contributed by atoms with Gasteiger partial charge in [0, 0.05) is 18.3 Å². The number of carbonyl (C=O) groups is 1. The van der Waals surface area contributed by atoms with Gasteiger partial charge in [-0.3, -0.25) is 14.5 Å². The van der Waals surface area contributed by atoms with Crippen molar-refractivity contribution in [1.82, 2.24) is 19.7 Å². The predicted octanol–water partition coefficient (Wildman–Crippen LogP) is 3.53. The maximum Gasteiger partial charge on any atom is 0.249 e. The third kappa shape index (κ3) is 4.24. The highest BCUT2D eigenvalue weighted by Gasteiger charge is 2.03. The summed E-state index contributed by atoms with van der Waals surface area (Å²) < 4.78 is 1.78. The molecule has 0 aliphatic heterocycles. The highest BCUT2D eigenvalue weighted by molar-refractivity contribution is 6.01. The lowest BCUT2D eigenvalue weighted by Gasteiger charge is -2.01. The summed E-state index contributed by atoms with van der Waals surface area (Å²) in [5.74, 6) is 0.236. The van der Waals surface area contributed by atoms with Gasteiger partial charge in [0.1, 0.15) is 0 Å². The van der Waals surface area contributed by atoms with Crippen LogP contribution in [0.15, 0.2) is 79.1 Å². The molecule has 132 valence electrons. The highest BCUT2D eigenvalue weighted by atomic mass is 16.1. The van der Waals surface area contributed by atoms with E-state index in [4.69, 9.17) is 0 Å². The average molecular weight is 355 g/mol. The third-order valence-corrected chi connectivity index (χ3v) is 3.95. The molecule has 4 rings (SSSR count). The van der Waals surface area contributed by atoms with E-state index in [9.17, 15) is 4.79 Å². The fraction of sp³-hybridized carbons (Fsp3) is 0.0476. The van der Waals surface area contributed by atoms with Crippen molar-refractivity contribution in [3.05, 3.63) is 90.4 Å². The number of nitrogens with one attached hydrogen (secondary N) is 1. The molecule has 2 aromatic heterocycles. The molecule has 1 amide bonds. The second kappa shape index (κ2) is 7.61. The van der Waals surface area contributed by atoms with Crippen molar-refractivity contribution < 1.29 is 4.79 Å². The van der Waals surface area contributed by atoms with Crippen molar-refractivity contribution in [3.8, 4) is 0 Å². The van der Waals surface area contributed by atoms with Gasteiger partial charge in [-0.25, -0.2) is 4.98 Å². The van der Waals surface area contributed by atoms with Crippen LogP contribution < -0.4 is 5.32 Å². The molecule has 2 aromatic carbocycles. The Labute approximate surface area is 156 Å². The maximum absolute atomic E-state index is 12.1. The van der Waals surface area contributed by atoms with Gasteiger partial charge in [0.2, 0.25) is 5.91 Å². The van der Waals surface area contributed by atoms with E-state index < -0.39 is 0 Å². The second-order valence-corrected chi connectivity index (χ2v) is 5.99. The van der Waals surface area contributed by atoms with Gasteiger partial charge >= 0.3 is 0 Å². The molecule has 0 saturated heterocycles. The molecule has 0 radical (unpaired) electrons. The standard InChI is InChI=1S/C21H17N5O/c27-21(11-10-17-14-22-18-8-4-5-9-19(18)23-17)24-20-12-13-26(25-20)15-16-6-2-1-3-7-16/h1-14H,15H2,(H,24,25,27). The second-order valence-electron chi connectivity index (χ2n) is 5.99. The molecule has 6 nitrogen and oxygen atoms in total. The lowest BCUT2D eigenvalue weighted by atomic mass is 10.2. The largest absolute Gasteiger partial charge is 0.306 e. The molecule has 0 atom stereocenters. The molecule has 6 heteroatoms. The molecule has 2 heterocycles. The van der Waals surface area contributed by atoms with Crippen molar-refractivity contribution >= 4 is 28.8 Å². The van der Waals surface area contributed by atoms with E-state index in [1.54, 1.807) is 23.0 Å². The molecular formula is C21H17N5O. The Hall–Kier alpha value is -3.80. The van der Waals surface area contributed by atoms with Crippen LogP contribution in [0.1, 0.15) is 11.3 Å². The number of carbonyl (C=O) groups excluding carboxylic acids is 1. The number of nitrogens with zero attached hydrogens (tertiary/aromatic N) is 4. The Bertz CT molecular complexity index is 1100. The van der Waals surface area contributed by atoms with Gasteiger partial charge in [0.05, 0.1) is 29.5 Å². The summed E-state index contributed by atoms with van der Waals surface area (Å²) in [5.41, 5.74) is 3.38. The molecule has 0 aliphatic carbocycles. The van der Waals surface area contributed by atoms with Crippen LogP contribution in [0.2, 0.25) is 0 Å². The molecule has 0 aliphatic rings. The van der Waals surface area contributed by atoms with E-state index in [-0.39, 0.29) is 5.91 Å². The van der Waals surface area contributed by atoms with Crippen molar-refractivity contribution in [2.24, 2.45) is 0 Å². The summed E-state index contributed by atoms with van der Waals surface area (Å²) in [6.07, 6.45) is 6.53.